The van der Waals surface area contributed by atoms with Crippen molar-refractivity contribution in [2.45, 2.75) is 25.1 Å². The summed E-state index contributed by atoms with van der Waals surface area (Å²) in [5.41, 5.74) is -2.27. The van der Waals surface area contributed by atoms with E-state index in [0.29, 0.717) is 11.3 Å². The maximum atomic E-state index is 13.3. The predicted molar refractivity (Wildman–Crippen MR) is 77.6 cm³/mol. The first kappa shape index (κ1) is 17.0. The number of amides is 1. The molecule has 23 heavy (non-hydrogen) atoms. The van der Waals surface area contributed by atoms with Gasteiger partial charge in [0.1, 0.15) is 0 Å². The number of alkyl halides is 3. The average Bonchev–Trinajstić information content (AvgIpc) is 2.86. The van der Waals surface area contributed by atoms with Gasteiger partial charge in [0.05, 0.1) is 6.42 Å². The lowest BCUT2D eigenvalue weighted by molar-refractivity contribution is -0.270. The molecule has 0 aliphatic rings. The summed E-state index contributed by atoms with van der Waals surface area (Å²) in [5.74, 6) is -1.59. The molecule has 0 saturated carbocycles. The van der Waals surface area contributed by atoms with Crippen LogP contribution in [0, 0.1) is 6.92 Å². The van der Waals surface area contributed by atoms with Crippen LogP contribution in [0.15, 0.2) is 36.7 Å². The fourth-order valence-electron chi connectivity index (χ4n) is 2.21. The molecule has 124 valence electrons. The van der Waals surface area contributed by atoms with Gasteiger partial charge in [-0.1, -0.05) is 18.2 Å². The van der Waals surface area contributed by atoms with Gasteiger partial charge in [-0.2, -0.15) is 13.2 Å². The first-order chi connectivity index (χ1) is 10.6. The molecule has 1 heterocycles. The van der Waals surface area contributed by atoms with Crippen molar-refractivity contribution in [3.05, 3.63) is 48.0 Å². The predicted octanol–water partition coefficient (Wildman–Crippen LogP) is 2.51. The van der Waals surface area contributed by atoms with E-state index in [1.807, 2.05) is 0 Å². The zero-order valence-corrected chi connectivity index (χ0v) is 12.6. The lowest BCUT2D eigenvalue weighted by Gasteiger charge is -2.29. The van der Waals surface area contributed by atoms with E-state index in [1.165, 1.54) is 13.2 Å². The molecule has 0 saturated heterocycles. The van der Waals surface area contributed by atoms with Crippen LogP contribution in [0.1, 0.15) is 17.8 Å². The fourth-order valence-corrected chi connectivity index (χ4v) is 2.21. The molecular weight excluding hydrogens is 311 g/mol. The van der Waals surface area contributed by atoms with Crippen molar-refractivity contribution < 1.29 is 23.1 Å². The van der Waals surface area contributed by atoms with Crippen molar-refractivity contribution in [1.82, 2.24) is 9.55 Å². The van der Waals surface area contributed by atoms with E-state index >= 15 is 0 Å². The Morgan fingerprint density at radius 1 is 1.35 bits per heavy atom. The molecule has 1 aromatic heterocycles. The van der Waals surface area contributed by atoms with Crippen LogP contribution >= 0.6 is 0 Å². The number of carbonyl (C=O) groups excluding carboxylic acids is 1. The van der Waals surface area contributed by atoms with Gasteiger partial charge in [-0.15, -0.1) is 0 Å². The number of hydrogen-bond donors (Lipinski definition) is 2. The highest BCUT2D eigenvalue weighted by Crippen LogP contribution is 2.40. The second-order valence-corrected chi connectivity index (χ2v) is 5.26. The van der Waals surface area contributed by atoms with Gasteiger partial charge in [0.25, 0.3) is 0 Å². The summed E-state index contributed by atoms with van der Waals surface area (Å²) < 4.78 is 41.1. The minimum absolute atomic E-state index is 0.391. The number of anilines is 1. The first-order valence-corrected chi connectivity index (χ1v) is 6.77. The number of aliphatic hydroxyl groups is 1. The third kappa shape index (κ3) is 3.37. The van der Waals surface area contributed by atoms with E-state index in [4.69, 9.17) is 0 Å². The molecule has 0 bridgehead atoms. The molecule has 1 amide bonds. The van der Waals surface area contributed by atoms with Gasteiger partial charge in [-0.3, -0.25) is 4.79 Å². The van der Waals surface area contributed by atoms with Gasteiger partial charge in [0.2, 0.25) is 11.5 Å². The number of rotatable bonds is 4. The number of nitrogens with zero attached hydrogens (tertiary/aromatic N) is 2. The Bertz CT molecular complexity index is 712. The number of benzene rings is 1. The highest BCUT2D eigenvalue weighted by Gasteiger charge is 2.58. The van der Waals surface area contributed by atoms with E-state index in [2.05, 4.69) is 10.3 Å². The van der Waals surface area contributed by atoms with Crippen LogP contribution in [0.4, 0.5) is 18.9 Å². The Kier molecular flexibility index (Phi) is 4.46. The van der Waals surface area contributed by atoms with Crippen LogP contribution in [-0.4, -0.2) is 26.7 Å². The molecule has 2 aromatic rings. The summed E-state index contributed by atoms with van der Waals surface area (Å²) in [6.07, 6.45) is -3.83. The molecule has 1 unspecified atom stereocenters. The summed E-state index contributed by atoms with van der Waals surface area (Å²) >= 11 is 0. The Morgan fingerprint density at radius 3 is 2.52 bits per heavy atom. The number of hydrogen-bond acceptors (Lipinski definition) is 3. The molecule has 2 rings (SSSR count). The Hall–Kier alpha value is -2.35. The van der Waals surface area contributed by atoms with Crippen LogP contribution in [0.5, 0.6) is 0 Å². The number of imidazole rings is 1. The summed E-state index contributed by atoms with van der Waals surface area (Å²) in [6.45, 7) is 1.71. The molecule has 0 spiro atoms. The monoisotopic (exact) mass is 327 g/mol. The maximum absolute atomic E-state index is 13.3. The summed E-state index contributed by atoms with van der Waals surface area (Å²) in [6, 6.07) is 6.67. The number of aromatic nitrogens is 2. The zero-order chi connectivity index (χ0) is 17.3. The van der Waals surface area contributed by atoms with Crippen LogP contribution in [0.25, 0.3) is 0 Å². The van der Waals surface area contributed by atoms with Gasteiger partial charge in [0, 0.05) is 25.1 Å². The quantitative estimate of drug-likeness (QED) is 0.907. The molecular formula is C15H16F3N3O2. The summed E-state index contributed by atoms with van der Waals surface area (Å²) in [7, 11) is 1.32. The highest BCUT2D eigenvalue weighted by atomic mass is 19.4. The molecule has 2 N–H and O–H groups in total. The number of carbonyl (C=O) groups is 1. The lowest BCUT2D eigenvalue weighted by atomic mass is 9.97. The average molecular weight is 327 g/mol. The molecule has 5 nitrogen and oxygen atoms in total. The number of aryl methyl sites for hydroxylation is 2. The highest BCUT2D eigenvalue weighted by molar-refractivity contribution is 5.92. The molecule has 0 radical (unpaired) electrons. The molecule has 0 aliphatic carbocycles. The third-order valence-electron chi connectivity index (χ3n) is 3.50. The number of nitrogens with one attached hydrogen (secondary N) is 1. The van der Waals surface area contributed by atoms with Crippen LogP contribution in [-0.2, 0) is 17.4 Å². The third-order valence-corrected chi connectivity index (χ3v) is 3.50. The number of para-hydroxylation sites is 1. The smallest absolute Gasteiger partial charge is 0.374 e. The van der Waals surface area contributed by atoms with Crippen molar-refractivity contribution >= 4 is 11.6 Å². The molecule has 0 aliphatic heterocycles. The molecule has 8 heteroatoms. The Balaban J connectivity index is 2.28. The summed E-state index contributed by atoms with van der Waals surface area (Å²) in [5, 5.41) is 12.5. The number of halogens is 3. The maximum Gasteiger partial charge on any atom is 0.425 e. The van der Waals surface area contributed by atoms with E-state index in [-0.39, 0.29) is 0 Å². The van der Waals surface area contributed by atoms with Gasteiger partial charge in [-0.25, -0.2) is 4.98 Å². The van der Waals surface area contributed by atoms with Crippen LogP contribution < -0.4 is 5.32 Å². The van der Waals surface area contributed by atoms with Crippen LogP contribution in [0.3, 0.4) is 0 Å². The fraction of sp³-hybridized carbons (Fsp3) is 0.333. The SMILES string of the molecule is Cc1ccccc1NC(=O)CC(O)(c1nccn1C)C(F)(F)F. The molecule has 1 atom stereocenters. The molecule has 1 aromatic carbocycles. The lowest BCUT2D eigenvalue weighted by Crippen LogP contribution is -2.46. The second-order valence-electron chi connectivity index (χ2n) is 5.26. The molecule has 0 fully saturated rings. The van der Waals surface area contributed by atoms with Gasteiger partial charge in [-0.05, 0) is 18.6 Å². The van der Waals surface area contributed by atoms with E-state index in [9.17, 15) is 23.1 Å². The minimum atomic E-state index is -5.05. The van der Waals surface area contributed by atoms with Gasteiger partial charge in [0.15, 0.2) is 5.82 Å². The first-order valence-electron chi connectivity index (χ1n) is 6.77. The van der Waals surface area contributed by atoms with Gasteiger partial charge >= 0.3 is 6.18 Å². The van der Waals surface area contributed by atoms with Crippen molar-refractivity contribution in [1.29, 1.82) is 0 Å². The largest absolute Gasteiger partial charge is 0.425 e. The zero-order valence-electron chi connectivity index (χ0n) is 12.6. The van der Waals surface area contributed by atoms with E-state index in [0.717, 1.165) is 10.8 Å². The Morgan fingerprint density at radius 2 is 2.00 bits per heavy atom. The van der Waals surface area contributed by atoms with Crippen molar-refractivity contribution in [2.75, 3.05) is 5.32 Å². The standard InChI is InChI=1S/C15H16F3N3O2/c1-10-5-3-4-6-11(10)20-12(22)9-14(23,15(16,17)18)13-19-7-8-21(13)2/h3-8,23H,9H2,1-2H3,(H,20,22). The normalized spacial score (nSPS) is 14.3. The van der Waals surface area contributed by atoms with E-state index < -0.39 is 29.9 Å². The van der Waals surface area contributed by atoms with Crippen molar-refractivity contribution in [3.63, 3.8) is 0 Å². The second kappa shape index (κ2) is 6.04. The van der Waals surface area contributed by atoms with Gasteiger partial charge < -0.3 is 15.0 Å². The summed E-state index contributed by atoms with van der Waals surface area (Å²) in [4.78, 5) is 15.6. The minimum Gasteiger partial charge on any atom is -0.374 e. The van der Waals surface area contributed by atoms with Crippen molar-refractivity contribution in [2.24, 2.45) is 7.05 Å². The van der Waals surface area contributed by atoms with Crippen LogP contribution in [0.2, 0.25) is 0 Å². The topological polar surface area (TPSA) is 67.2 Å². The van der Waals surface area contributed by atoms with E-state index in [1.54, 1.807) is 31.2 Å². The Labute approximate surface area is 130 Å². The van der Waals surface area contributed by atoms with Crippen molar-refractivity contribution in [3.8, 4) is 0 Å².